The van der Waals surface area contributed by atoms with Crippen LogP contribution in [0.1, 0.15) is 53.9 Å². The first-order chi connectivity index (χ1) is 8.68. The summed E-state index contributed by atoms with van der Waals surface area (Å²) >= 11 is 0. The third kappa shape index (κ3) is 3.29. The van der Waals surface area contributed by atoms with Gasteiger partial charge in [-0.3, -0.25) is 4.79 Å². The topological polar surface area (TPSA) is 75.3 Å². The molecule has 4 N–H and O–H groups in total. The Morgan fingerprint density at radius 3 is 2.53 bits per heavy atom. The molecule has 0 heterocycles. The highest BCUT2D eigenvalue weighted by molar-refractivity contribution is 5.80. The van der Waals surface area contributed by atoms with Crippen molar-refractivity contribution in [1.82, 2.24) is 5.32 Å². The van der Waals surface area contributed by atoms with Gasteiger partial charge in [-0.1, -0.05) is 27.7 Å². The van der Waals surface area contributed by atoms with Crippen LogP contribution in [0.15, 0.2) is 0 Å². The molecule has 19 heavy (non-hydrogen) atoms. The standard InChI is InChI=1S/C15H30N2O2/c1-6-15(5,9-18)17-13(19)11-7-8-12(16)10(2)14(11,3)4/h10-12,18H,6-9,16H2,1-5H3,(H,17,19). The fourth-order valence-electron chi connectivity index (χ4n) is 2.94. The molecule has 1 aliphatic carbocycles. The molecule has 0 aliphatic heterocycles. The van der Waals surface area contributed by atoms with E-state index < -0.39 is 5.54 Å². The van der Waals surface area contributed by atoms with E-state index in [0.29, 0.717) is 5.92 Å². The van der Waals surface area contributed by atoms with Gasteiger partial charge in [-0.15, -0.1) is 0 Å². The summed E-state index contributed by atoms with van der Waals surface area (Å²) in [6.45, 7) is 10.2. The molecule has 4 nitrogen and oxygen atoms in total. The smallest absolute Gasteiger partial charge is 0.224 e. The number of amides is 1. The number of rotatable bonds is 4. The van der Waals surface area contributed by atoms with Crippen LogP contribution in [0.4, 0.5) is 0 Å². The maximum absolute atomic E-state index is 12.5. The molecule has 1 aliphatic rings. The Morgan fingerprint density at radius 1 is 1.47 bits per heavy atom. The first-order valence-electron chi connectivity index (χ1n) is 7.36. The molecule has 0 aromatic carbocycles. The highest BCUT2D eigenvalue weighted by Gasteiger charge is 2.45. The van der Waals surface area contributed by atoms with Gasteiger partial charge >= 0.3 is 0 Å². The average molecular weight is 270 g/mol. The molecule has 4 heteroatoms. The summed E-state index contributed by atoms with van der Waals surface area (Å²) in [6.07, 6.45) is 2.44. The van der Waals surface area contributed by atoms with Crippen LogP contribution in [0.25, 0.3) is 0 Å². The number of carbonyl (C=O) groups excluding carboxylic acids is 1. The minimum absolute atomic E-state index is 0.0280. The normalized spacial score (nSPS) is 33.5. The Bertz CT molecular complexity index is 324. The molecule has 1 saturated carbocycles. The lowest BCUT2D eigenvalue weighted by Gasteiger charge is -2.46. The van der Waals surface area contributed by atoms with Crippen molar-refractivity contribution in [2.24, 2.45) is 23.0 Å². The van der Waals surface area contributed by atoms with Crippen molar-refractivity contribution in [1.29, 1.82) is 0 Å². The predicted molar refractivity (Wildman–Crippen MR) is 77.6 cm³/mol. The van der Waals surface area contributed by atoms with Gasteiger partial charge in [0.1, 0.15) is 0 Å². The van der Waals surface area contributed by atoms with Crippen molar-refractivity contribution >= 4 is 5.91 Å². The number of nitrogens with one attached hydrogen (secondary N) is 1. The van der Waals surface area contributed by atoms with Gasteiger partial charge in [0.2, 0.25) is 5.91 Å². The van der Waals surface area contributed by atoms with E-state index in [0.717, 1.165) is 19.3 Å². The maximum Gasteiger partial charge on any atom is 0.224 e. The summed E-state index contributed by atoms with van der Waals surface area (Å²) in [5, 5.41) is 12.4. The number of hydrogen-bond donors (Lipinski definition) is 3. The molecule has 4 atom stereocenters. The second-order valence-electron chi connectivity index (χ2n) is 6.97. The average Bonchev–Trinajstić information content (AvgIpc) is 2.35. The van der Waals surface area contributed by atoms with Gasteiger partial charge in [0.05, 0.1) is 12.1 Å². The summed E-state index contributed by atoms with van der Waals surface area (Å²) in [5.74, 6) is 0.348. The van der Waals surface area contributed by atoms with E-state index >= 15 is 0 Å². The minimum Gasteiger partial charge on any atom is -0.394 e. The molecule has 4 unspecified atom stereocenters. The summed E-state index contributed by atoms with van der Waals surface area (Å²) in [7, 11) is 0. The maximum atomic E-state index is 12.5. The van der Waals surface area contributed by atoms with Gasteiger partial charge < -0.3 is 16.2 Å². The van der Waals surface area contributed by atoms with E-state index in [-0.39, 0.29) is 29.9 Å². The van der Waals surface area contributed by atoms with Gasteiger partial charge in [-0.2, -0.15) is 0 Å². The first-order valence-corrected chi connectivity index (χ1v) is 7.36. The highest BCUT2D eigenvalue weighted by atomic mass is 16.3. The lowest BCUT2D eigenvalue weighted by Crippen LogP contribution is -2.56. The first kappa shape index (κ1) is 16.4. The van der Waals surface area contributed by atoms with Crippen molar-refractivity contribution in [2.45, 2.75) is 65.5 Å². The SMILES string of the molecule is CCC(C)(CO)NC(=O)C1CCC(N)C(C)C1(C)C. The predicted octanol–water partition coefficient (Wildman–Crippen LogP) is 1.66. The van der Waals surface area contributed by atoms with Crippen molar-refractivity contribution in [3.05, 3.63) is 0 Å². The van der Waals surface area contributed by atoms with Crippen LogP contribution in [0.3, 0.4) is 0 Å². The van der Waals surface area contributed by atoms with Gasteiger partial charge in [0, 0.05) is 12.0 Å². The molecule has 0 saturated heterocycles. The molecule has 0 aromatic rings. The third-order valence-corrected chi connectivity index (χ3v) is 5.37. The zero-order valence-electron chi connectivity index (χ0n) is 13.0. The molecule has 1 rings (SSSR count). The van der Waals surface area contributed by atoms with Gasteiger partial charge in [-0.05, 0) is 37.5 Å². The minimum atomic E-state index is -0.518. The van der Waals surface area contributed by atoms with Crippen molar-refractivity contribution < 1.29 is 9.90 Å². The Kier molecular flexibility index (Phi) is 5.02. The molecular weight excluding hydrogens is 240 g/mol. The van der Waals surface area contributed by atoms with Crippen molar-refractivity contribution in [3.63, 3.8) is 0 Å². The van der Waals surface area contributed by atoms with Crippen LogP contribution in [-0.2, 0) is 4.79 Å². The van der Waals surface area contributed by atoms with Crippen LogP contribution in [0.2, 0.25) is 0 Å². The Labute approximate surface area is 117 Å². The van der Waals surface area contributed by atoms with Gasteiger partial charge in [0.15, 0.2) is 0 Å². The second-order valence-corrected chi connectivity index (χ2v) is 6.97. The van der Waals surface area contributed by atoms with E-state index in [9.17, 15) is 9.90 Å². The highest BCUT2D eigenvalue weighted by Crippen LogP contribution is 2.44. The van der Waals surface area contributed by atoms with Crippen LogP contribution in [-0.4, -0.2) is 29.2 Å². The fourth-order valence-corrected chi connectivity index (χ4v) is 2.94. The zero-order chi connectivity index (χ0) is 14.8. The number of hydrogen-bond acceptors (Lipinski definition) is 3. The number of aliphatic hydroxyl groups excluding tert-OH is 1. The second kappa shape index (κ2) is 5.80. The van der Waals surface area contributed by atoms with Gasteiger partial charge in [0.25, 0.3) is 0 Å². The van der Waals surface area contributed by atoms with Crippen LogP contribution >= 0.6 is 0 Å². The fraction of sp³-hybridized carbons (Fsp3) is 0.933. The van der Waals surface area contributed by atoms with Crippen LogP contribution in [0, 0.1) is 17.3 Å². The molecule has 0 spiro atoms. The summed E-state index contributed by atoms with van der Waals surface area (Å²) < 4.78 is 0. The van der Waals surface area contributed by atoms with E-state index in [1.165, 1.54) is 0 Å². The Balaban J connectivity index is 2.82. The van der Waals surface area contributed by atoms with Gasteiger partial charge in [-0.25, -0.2) is 0 Å². The van der Waals surface area contributed by atoms with E-state index in [1.54, 1.807) is 0 Å². The summed E-state index contributed by atoms with van der Waals surface area (Å²) in [4.78, 5) is 12.5. The lowest BCUT2D eigenvalue weighted by atomic mass is 9.61. The lowest BCUT2D eigenvalue weighted by molar-refractivity contribution is -0.135. The molecular formula is C15H30N2O2. The van der Waals surface area contributed by atoms with Crippen molar-refractivity contribution in [3.8, 4) is 0 Å². The van der Waals surface area contributed by atoms with E-state index in [1.807, 2.05) is 13.8 Å². The molecule has 0 aromatic heterocycles. The Morgan fingerprint density at radius 2 is 2.05 bits per heavy atom. The number of carbonyl (C=O) groups is 1. The molecule has 0 radical (unpaired) electrons. The molecule has 1 amide bonds. The van der Waals surface area contributed by atoms with Crippen LogP contribution in [0.5, 0.6) is 0 Å². The third-order valence-electron chi connectivity index (χ3n) is 5.37. The largest absolute Gasteiger partial charge is 0.394 e. The van der Waals surface area contributed by atoms with E-state index in [2.05, 4.69) is 26.1 Å². The van der Waals surface area contributed by atoms with E-state index in [4.69, 9.17) is 5.73 Å². The molecule has 0 bridgehead atoms. The summed E-state index contributed by atoms with van der Waals surface area (Å²) in [5.41, 5.74) is 5.50. The molecule has 1 fully saturated rings. The quantitative estimate of drug-likeness (QED) is 0.727. The molecule has 112 valence electrons. The monoisotopic (exact) mass is 270 g/mol. The van der Waals surface area contributed by atoms with Crippen molar-refractivity contribution in [2.75, 3.05) is 6.61 Å². The number of nitrogens with two attached hydrogens (primary N) is 1. The number of aliphatic hydroxyl groups is 1. The summed E-state index contributed by atoms with van der Waals surface area (Å²) in [6, 6.07) is 0.175. The zero-order valence-corrected chi connectivity index (χ0v) is 13.0. The van der Waals surface area contributed by atoms with Crippen LogP contribution < -0.4 is 11.1 Å². The Hall–Kier alpha value is -0.610.